The van der Waals surface area contributed by atoms with Crippen molar-refractivity contribution in [1.29, 1.82) is 0 Å². The van der Waals surface area contributed by atoms with E-state index in [0.29, 0.717) is 17.8 Å². The van der Waals surface area contributed by atoms with Crippen LogP contribution in [0.1, 0.15) is 56.6 Å². The molecule has 21 heavy (non-hydrogen) atoms. The zero-order valence-electron chi connectivity index (χ0n) is 13.2. The number of benzene rings is 1. The zero-order valence-corrected chi connectivity index (χ0v) is 13.2. The van der Waals surface area contributed by atoms with Crippen LogP contribution in [0, 0.1) is 23.7 Å². The van der Waals surface area contributed by atoms with E-state index in [0.717, 1.165) is 18.8 Å². The molecule has 0 aromatic heterocycles. The van der Waals surface area contributed by atoms with E-state index in [-0.39, 0.29) is 5.60 Å². The normalized spacial score (nSPS) is 42.4. The molecule has 2 bridgehead atoms. The summed E-state index contributed by atoms with van der Waals surface area (Å²) in [6.07, 6.45) is 9.83. The Hall–Kier alpha value is -0.820. The third-order valence-corrected chi connectivity index (χ3v) is 6.89. The molecule has 0 radical (unpaired) electrons. The highest BCUT2D eigenvalue weighted by Gasteiger charge is 2.54. The number of aliphatic hydroxyl groups is 1. The van der Waals surface area contributed by atoms with Gasteiger partial charge in [0.05, 0.1) is 5.60 Å². The minimum absolute atomic E-state index is 0.376. The van der Waals surface area contributed by atoms with Crippen LogP contribution in [-0.4, -0.2) is 10.7 Å². The molecule has 3 aliphatic rings. The Balaban J connectivity index is 1.65. The van der Waals surface area contributed by atoms with Crippen LogP contribution >= 0.6 is 0 Å². The summed E-state index contributed by atoms with van der Waals surface area (Å²) in [5.41, 5.74) is 2.64. The van der Waals surface area contributed by atoms with Crippen LogP contribution < -0.4 is 0 Å². The van der Waals surface area contributed by atoms with Crippen molar-refractivity contribution in [2.45, 2.75) is 63.9 Å². The van der Waals surface area contributed by atoms with Gasteiger partial charge in [0.25, 0.3) is 0 Å². The molecule has 1 nitrogen and oxygen atoms in total. The molecule has 0 saturated heterocycles. The summed E-state index contributed by atoms with van der Waals surface area (Å²) in [4.78, 5) is 0. The molecule has 0 amide bonds. The van der Waals surface area contributed by atoms with Gasteiger partial charge < -0.3 is 5.11 Å². The largest absolute Gasteiger partial charge is 0.389 e. The molecule has 2 fully saturated rings. The van der Waals surface area contributed by atoms with Gasteiger partial charge in [0.1, 0.15) is 0 Å². The number of fused-ring (bicyclic) bond motifs is 3. The first-order valence-corrected chi connectivity index (χ1v) is 8.97. The molecule has 1 aromatic carbocycles. The van der Waals surface area contributed by atoms with Crippen molar-refractivity contribution in [2.24, 2.45) is 23.7 Å². The maximum atomic E-state index is 11.7. The fourth-order valence-electron chi connectivity index (χ4n) is 5.61. The molecule has 2 atom stereocenters. The second kappa shape index (κ2) is 5.12. The summed E-state index contributed by atoms with van der Waals surface area (Å²) in [5.74, 6) is 2.43. The van der Waals surface area contributed by atoms with Crippen LogP contribution in [0.3, 0.4) is 0 Å². The molecule has 114 valence electrons. The Morgan fingerprint density at radius 1 is 0.810 bits per heavy atom. The van der Waals surface area contributed by atoms with Gasteiger partial charge in [-0.25, -0.2) is 0 Å². The van der Waals surface area contributed by atoms with Crippen molar-refractivity contribution in [3.8, 4) is 0 Å². The van der Waals surface area contributed by atoms with Crippen LogP contribution in [0.15, 0.2) is 24.3 Å². The minimum Gasteiger partial charge on any atom is -0.389 e. The SMILES string of the molecule is CC1CCC(C2(O)C3CCC2Cc2ccccc2C3)CC1. The average molecular weight is 284 g/mol. The molecule has 3 aliphatic carbocycles. The summed E-state index contributed by atoms with van der Waals surface area (Å²) < 4.78 is 0. The topological polar surface area (TPSA) is 20.2 Å². The van der Waals surface area contributed by atoms with Crippen molar-refractivity contribution in [1.82, 2.24) is 0 Å². The predicted octanol–water partition coefficient (Wildman–Crippen LogP) is 4.37. The summed E-state index contributed by atoms with van der Waals surface area (Å²) in [6.45, 7) is 2.37. The van der Waals surface area contributed by atoms with Crippen molar-refractivity contribution < 1.29 is 5.11 Å². The second-order valence-corrected chi connectivity index (χ2v) is 7.99. The van der Waals surface area contributed by atoms with Crippen molar-refractivity contribution in [3.63, 3.8) is 0 Å². The quantitative estimate of drug-likeness (QED) is 0.812. The minimum atomic E-state index is -0.376. The molecule has 0 spiro atoms. The van der Waals surface area contributed by atoms with Gasteiger partial charge in [0.2, 0.25) is 0 Å². The fraction of sp³-hybridized carbons (Fsp3) is 0.700. The van der Waals surface area contributed by atoms with E-state index in [1.165, 1.54) is 49.7 Å². The van der Waals surface area contributed by atoms with Crippen LogP contribution in [-0.2, 0) is 12.8 Å². The first-order valence-electron chi connectivity index (χ1n) is 8.97. The molecule has 1 heteroatoms. The highest BCUT2D eigenvalue weighted by atomic mass is 16.3. The van der Waals surface area contributed by atoms with E-state index in [2.05, 4.69) is 31.2 Å². The first-order chi connectivity index (χ1) is 10.2. The Morgan fingerprint density at radius 3 is 1.81 bits per heavy atom. The summed E-state index contributed by atoms with van der Waals surface area (Å²) in [6, 6.07) is 8.91. The predicted molar refractivity (Wildman–Crippen MR) is 86.1 cm³/mol. The Labute approximate surface area is 128 Å². The molecular weight excluding hydrogens is 256 g/mol. The molecule has 2 saturated carbocycles. The monoisotopic (exact) mass is 284 g/mol. The maximum Gasteiger partial charge on any atom is 0.0738 e. The van der Waals surface area contributed by atoms with Crippen LogP contribution in [0.4, 0.5) is 0 Å². The lowest BCUT2D eigenvalue weighted by molar-refractivity contribution is -0.0975. The fourth-order valence-corrected chi connectivity index (χ4v) is 5.61. The van der Waals surface area contributed by atoms with Gasteiger partial charge in [0, 0.05) is 0 Å². The van der Waals surface area contributed by atoms with E-state index in [4.69, 9.17) is 0 Å². The average Bonchev–Trinajstić information content (AvgIpc) is 2.71. The highest BCUT2D eigenvalue weighted by molar-refractivity contribution is 5.32. The van der Waals surface area contributed by atoms with Gasteiger partial charge in [-0.05, 0) is 73.3 Å². The van der Waals surface area contributed by atoms with Gasteiger partial charge in [-0.15, -0.1) is 0 Å². The molecule has 4 rings (SSSR count). The molecule has 1 N–H and O–H groups in total. The van der Waals surface area contributed by atoms with E-state index < -0.39 is 0 Å². The van der Waals surface area contributed by atoms with E-state index in [9.17, 15) is 5.11 Å². The van der Waals surface area contributed by atoms with Crippen molar-refractivity contribution in [2.75, 3.05) is 0 Å². The summed E-state index contributed by atoms with van der Waals surface area (Å²) in [5, 5.41) is 11.7. The molecule has 0 heterocycles. The third kappa shape index (κ3) is 2.16. The highest BCUT2D eigenvalue weighted by Crippen LogP contribution is 2.54. The van der Waals surface area contributed by atoms with Crippen molar-refractivity contribution in [3.05, 3.63) is 35.4 Å². The van der Waals surface area contributed by atoms with Gasteiger partial charge in [-0.3, -0.25) is 0 Å². The summed E-state index contributed by atoms with van der Waals surface area (Å²) >= 11 is 0. The second-order valence-electron chi connectivity index (χ2n) is 7.99. The molecule has 0 aliphatic heterocycles. The number of rotatable bonds is 1. The zero-order chi connectivity index (χ0) is 14.4. The molecular formula is C20H28O. The van der Waals surface area contributed by atoms with Gasteiger partial charge in [-0.2, -0.15) is 0 Å². The van der Waals surface area contributed by atoms with Crippen LogP contribution in [0.25, 0.3) is 0 Å². The van der Waals surface area contributed by atoms with E-state index in [1.807, 2.05) is 0 Å². The first kappa shape index (κ1) is 13.8. The Morgan fingerprint density at radius 2 is 1.29 bits per heavy atom. The molecule has 2 unspecified atom stereocenters. The lowest BCUT2D eigenvalue weighted by Gasteiger charge is -2.44. The Bertz CT molecular complexity index is 479. The third-order valence-electron chi connectivity index (χ3n) is 6.89. The lowest BCUT2D eigenvalue weighted by Crippen LogP contribution is -2.48. The number of hydrogen-bond donors (Lipinski definition) is 1. The van der Waals surface area contributed by atoms with Gasteiger partial charge in [0.15, 0.2) is 0 Å². The van der Waals surface area contributed by atoms with Crippen LogP contribution in [0.5, 0.6) is 0 Å². The van der Waals surface area contributed by atoms with Gasteiger partial charge in [-0.1, -0.05) is 44.0 Å². The number of hydrogen-bond acceptors (Lipinski definition) is 1. The smallest absolute Gasteiger partial charge is 0.0738 e. The summed E-state index contributed by atoms with van der Waals surface area (Å²) in [7, 11) is 0. The molecule has 1 aromatic rings. The standard InChI is InChI=1S/C20H28O/c1-14-6-8-17(9-7-14)20(21)18-10-11-19(20)13-16-5-3-2-4-15(16)12-18/h2-5,14,17-19,21H,6-13H2,1H3. The maximum absolute atomic E-state index is 11.7. The van der Waals surface area contributed by atoms with E-state index in [1.54, 1.807) is 0 Å². The lowest BCUT2D eigenvalue weighted by atomic mass is 9.66. The Kier molecular flexibility index (Phi) is 3.37. The van der Waals surface area contributed by atoms with E-state index >= 15 is 0 Å². The van der Waals surface area contributed by atoms with Gasteiger partial charge >= 0.3 is 0 Å². The van der Waals surface area contributed by atoms with Crippen LogP contribution in [0.2, 0.25) is 0 Å². The van der Waals surface area contributed by atoms with Crippen molar-refractivity contribution >= 4 is 0 Å².